The summed E-state index contributed by atoms with van der Waals surface area (Å²) in [6.07, 6.45) is 3.29. The number of carbonyl (C=O) groups excluding carboxylic acids is 1. The molecule has 0 aromatic rings. The van der Waals surface area contributed by atoms with Crippen LogP contribution in [0.15, 0.2) is 0 Å². The third-order valence-electron chi connectivity index (χ3n) is 2.99. The molecule has 0 bridgehead atoms. The zero-order valence-electron chi connectivity index (χ0n) is 9.41. The van der Waals surface area contributed by atoms with Crippen molar-refractivity contribution in [3.63, 3.8) is 0 Å². The standard InChI is InChI=1S/C11H21NO3/c1-11(15)5-7-12(8-6-11)10(14)4-2-3-9-13/h13,15H,2-9H2,1H3. The van der Waals surface area contributed by atoms with Crippen LogP contribution in [-0.2, 0) is 4.79 Å². The number of piperidine rings is 1. The van der Waals surface area contributed by atoms with Crippen LogP contribution < -0.4 is 0 Å². The third-order valence-corrected chi connectivity index (χ3v) is 2.99. The van der Waals surface area contributed by atoms with E-state index >= 15 is 0 Å². The van der Waals surface area contributed by atoms with Gasteiger partial charge in [-0.3, -0.25) is 4.79 Å². The maximum absolute atomic E-state index is 11.6. The highest BCUT2D eigenvalue weighted by molar-refractivity contribution is 5.76. The zero-order valence-corrected chi connectivity index (χ0v) is 9.41. The lowest BCUT2D eigenvalue weighted by molar-refractivity contribution is -0.135. The number of hydrogen-bond donors (Lipinski definition) is 2. The largest absolute Gasteiger partial charge is 0.396 e. The van der Waals surface area contributed by atoms with E-state index in [0.717, 1.165) is 6.42 Å². The molecule has 0 spiro atoms. The van der Waals surface area contributed by atoms with Gasteiger partial charge in [-0.25, -0.2) is 0 Å². The van der Waals surface area contributed by atoms with Crippen molar-refractivity contribution in [2.75, 3.05) is 19.7 Å². The second-order valence-corrected chi connectivity index (χ2v) is 4.56. The Balaban J connectivity index is 2.24. The number of aliphatic hydroxyl groups is 2. The average Bonchev–Trinajstić information content (AvgIpc) is 2.18. The molecule has 0 unspecified atom stereocenters. The molecule has 1 saturated heterocycles. The second-order valence-electron chi connectivity index (χ2n) is 4.56. The minimum absolute atomic E-state index is 0.152. The SMILES string of the molecule is CC1(O)CCN(C(=O)CCCCO)CC1. The molecule has 2 N–H and O–H groups in total. The van der Waals surface area contributed by atoms with Crippen LogP contribution in [0.25, 0.3) is 0 Å². The number of nitrogens with zero attached hydrogens (tertiary/aromatic N) is 1. The Morgan fingerprint density at radius 3 is 2.47 bits per heavy atom. The van der Waals surface area contributed by atoms with Gasteiger partial charge in [0, 0.05) is 26.1 Å². The van der Waals surface area contributed by atoms with Crippen LogP contribution in [-0.4, -0.2) is 46.3 Å². The van der Waals surface area contributed by atoms with E-state index in [1.54, 1.807) is 0 Å². The first-order valence-corrected chi connectivity index (χ1v) is 5.66. The summed E-state index contributed by atoms with van der Waals surface area (Å²) in [6, 6.07) is 0. The molecular formula is C11H21NO3. The zero-order chi connectivity index (χ0) is 11.3. The van der Waals surface area contributed by atoms with Gasteiger partial charge in [0.2, 0.25) is 5.91 Å². The first-order chi connectivity index (χ1) is 7.05. The number of unbranched alkanes of at least 4 members (excludes halogenated alkanes) is 1. The fourth-order valence-electron chi connectivity index (χ4n) is 1.78. The van der Waals surface area contributed by atoms with Crippen molar-refractivity contribution >= 4 is 5.91 Å². The summed E-state index contributed by atoms with van der Waals surface area (Å²) in [5.74, 6) is 0.152. The number of carbonyl (C=O) groups is 1. The van der Waals surface area contributed by atoms with Gasteiger partial charge < -0.3 is 15.1 Å². The molecule has 0 atom stereocenters. The molecule has 1 aliphatic heterocycles. The van der Waals surface area contributed by atoms with Crippen LogP contribution >= 0.6 is 0 Å². The molecule has 1 heterocycles. The molecule has 4 heteroatoms. The number of hydrogen-bond acceptors (Lipinski definition) is 3. The summed E-state index contributed by atoms with van der Waals surface area (Å²) < 4.78 is 0. The van der Waals surface area contributed by atoms with Gasteiger partial charge in [-0.1, -0.05) is 0 Å². The molecule has 15 heavy (non-hydrogen) atoms. The van der Waals surface area contributed by atoms with E-state index in [0.29, 0.717) is 38.8 Å². The Bertz CT molecular complexity index is 206. The number of amides is 1. The maximum atomic E-state index is 11.6. The van der Waals surface area contributed by atoms with Gasteiger partial charge in [0.1, 0.15) is 0 Å². The van der Waals surface area contributed by atoms with Gasteiger partial charge in [0.05, 0.1) is 5.60 Å². The summed E-state index contributed by atoms with van der Waals surface area (Å²) in [7, 11) is 0. The minimum Gasteiger partial charge on any atom is -0.396 e. The molecule has 0 aliphatic carbocycles. The Morgan fingerprint density at radius 1 is 1.33 bits per heavy atom. The van der Waals surface area contributed by atoms with Gasteiger partial charge >= 0.3 is 0 Å². The second kappa shape index (κ2) is 5.47. The van der Waals surface area contributed by atoms with Crippen molar-refractivity contribution in [1.29, 1.82) is 0 Å². The van der Waals surface area contributed by atoms with Gasteiger partial charge in [-0.05, 0) is 32.6 Å². The van der Waals surface area contributed by atoms with E-state index in [1.807, 2.05) is 11.8 Å². The first-order valence-electron chi connectivity index (χ1n) is 5.66. The lowest BCUT2D eigenvalue weighted by Gasteiger charge is -2.35. The van der Waals surface area contributed by atoms with Crippen molar-refractivity contribution in [3.05, 3.63) is 0 Å². The molecule has 0 aromatic carbocycles. The smallest absolute Gasteiger partial charge is 0.222 e. The summed E-state index contributed by atoms with van der Waals surface area (Å²) in [4.78, 5) is 13.5. The molecule has 1 fully saturated rings. The first kappa shape index (κ1) is 12.5. The van der Waals surface area contributed by atoms with Crippen LogP contribution in [0.1, 0.15) is 39.0 Å². The Labute approximate surface area is 90.9 Å². The molecule has 4 nitrogen and oxygen atoms in total. The van der Waals surface area contributed by atoms with E-state index in [9.17, 15) is 9.90 Å². The van der Waals surface area contributed by atoms with Crippen LogP contribution in [0.5, 0.6) is 0 Å². The molecule has 0 saturated carbocycles. The van der Waals surface area contributed by atoms with Crippen molar-refractivity contribution in [3.8, 4) is 0 Å². The summed E-state index contributed by atoms with van der Waals surface area (Å²) in [5, 5.41) is 18.3. The van der Waals surface area contributed by atoms with Crippen LogP contribution in [0.2, 0.25) is 0 Å². The van der Waals surface area contributed by atoms with E-state index in [2.05, 4.69) is 0 Å². The summed E-state index contributed by atoms with van der Waals surface area (Å²) in [6.45, 7) is 3.29. The molecule has 0 aromatic heterocycles. The lowest BCUT2D eigenvalue weighted by atomic mass is 9.93. The lowest BCUT2D eigenvalue weighted by Crippen LogP contribution is -2.45. The molecule has 1 amide bonds. The Hall–Kier alpha value is -0.610. The Kier molecular flexibility index (Phi) is 4.54. The number of likely N-dealkylation sites (tertiary alicyclic amines) is 1. The highest BCUT2D eigenvalue weighted by Crippen LogP contribution is 2.21. The molecule has 88 valence electrons. The fraction of sp³-hybridized carbons (Fsp3) is 0.909. The van der Waals surface area contributed by atoms with E-state index in [4.69, 9.17) is 5.11 Å². The average molecular weight is 215 g/mol. The molecule has 0 radical (unpaired) electrons. The molecule has 1 aliphatic rings. The predicted octanol–water partition coefficient (Wildman–Crippen LogP) is 0.522. The van der Waals surface area contributed by atoms with Gasteiger partial charge in [-0.2, -0.15) is 0 Å². The van der Waals surface area contributed by atoms with Crippen LogP contribution in [0, 0.1) is 0 Å². The third kappa shape index (κ3) is 4.18. The van der Waals surface area contributed by atoms with Crippen molar-refractivity contribution < 1.29 is 15.0 Å². The number of rotatable bonds is 4. The quantitative estimate of drug-likeness (QED) is 0.672. The van der Waals surface area contributed by atoms with Gasteiger partial charge in [0.15, 0.2) is 0 Å². The summed E-state index contributed by atoms with van der Waals surface area (Å²) in [5.41, 5.74) is -0.595. The maximum Gasteiger partial charge on any atom is 0.222 e. The van der Waals surface area contributed by atoms with Crippen molar-refractivity contribution in [1.82, 2.24) is 4.90 Å². The fourth-order valence-corrected chi connectivity index (χ4v) is 1.78. The predicted molar refractivity (Wildman–Crippen MR) is 57.4 cm³/mol. The normalized spacial score (nSPS) is 20.3. The highest BCUT2D eigenvalue weighted by Gasteiger charge is 2.28. The highest BCUT2D eigenvalue weighted by atomic mass is 16.3. The van der Waals surface area contributed by atoms with E-state index in [-0.39, 0.29) is 12.5 Å². The topological polar surface area (TPSA) is 60.8 Å². The van der Waals surface area contributed by atoms with E-state index < -0.39 is 5.60 Å². The minimum atomic E-state index is -0.595. The Morgan fingerprint density at radius 2 is 1.93 bits per heavy atom. The monoisotopic (exact) mass is 215 g/mol. The summed E-state index contributed by atoms with van der Waals surface area (Å²) >= 11 is 0. The number of aliphatic hydroxyl groups excluding tert-OH is 1. The van der Waals surface area contributed by atoms with Gasteiger partial charge in [-0.15, -0.1) is 0 Å². The van der Waals surface area contributed by atoms with E-state index in [1.165, 1.54) is 0 Å². The van der Waals surface area contributed by atoms with Gasteiger partial charge in [0.25, 0.3) is 0 Å². The molecule has 1 rings (SSSR count). The van der Waals surface area contributed by atoms with Crippen LogP contribution in [0.4, 0.5) is 0 Å². The van der Waals surface area contributed by atoms with Crippen molar-refractivity contribution in [2.24, 2.45) is 0 Å². The van der Waals surface area contributed by atoms with Crippen molar-refractivity contribution in [2.45, 2.75) is 44.6 Å². The van der Waals surface area contributed by atoms with Crippen LogP contribution in [0.3, 0.4) is 0 Å². The molecular weight excluding hydrogens is 194 g/mol.